The Kier molecular flexibility index (Phi) is 7.09. The van der Waals surface area contributed by atoms with Gasteiger partial charge in [0.15, 0.2) is 0 Å². The number of halogens is 4. The van der Waals surface area contributed by atoms with Crippen molar-refractivity contribution in [2.75, 3.05) is 10.6 Å². The van der Waals surface area contributed by atoms with Crippen LogP contribution in [0.15, 0.2) is 78.9 Å². The molecule has 0 bridgehead atoms. The number of carbonyl (C=O) groups excluding carboxylic acids is 2. The number of aromatic amines is 1. The standard InChI is InChI=1S/C27H16Cl4N4O2/c28-16-10-15(11-17(29)12-16)26(36)33-19-8-9-22-23(13-19)35-25(34-22)14-4-6-18(7-5-14)32-27(37)24-20(30)2-1-3-21(24)31/h1-13H,(H,32,37)(H,33,36)(H,34,35). The number of aromatic nitrogens is 2. The molecule has 0 saturated heterocycles. The van der Waals surface area contributed by atoms with Crippen LogP contribution in [0.1, 0.15) is 20.7 Å². The molecular formula is C27H16Cl4N4O2. The van der Waals surface area contributed by atoms with E-state index in [9.17, 15) is 9.59 Å². The molecule has 0 saturated carbocycles. The lowest BCUT2D eigenvalue weighted by molar-refractivity contribution is 0.101. The molecular weight excluding hydrogens is 554 g/mol. The van der Waals surface area contributed by atoms with E-state index in [0.29, 0.717) is 32.8 Å². The lowest BCUT2D eigenvalue weighted by atomic mass is 10.1. The van der Waals surface area contributed by atoms with E-state index >= 15 is 0 Å². The van der Waals surface area contributed by atoms with Crippen molar-refractivity contribution in [2.24, 2.45) is 0 Å². The number of H-pyrrole nitrogens is 1. The maximum atomic E-state index is 12.6. The number of hydrogen-bond donors (Lipinski definition) is 3. The highest BCUT2D eigenvalue weighted by Gasteiger charge is 2.15. The van der Waals surface area contributed by atoms with Gasteiger partial charge in [-0.3, -0.25) is 9.59 Å². The predicted molar refractivity (Wildman–Crippen MR) is 150 cm³/mol. The van der Waals surface area contributed by atoms with Gasteiger partial charge in [0, 0.05) is 32.5 Å². The fraction of sp³-hybridized carbons (Fsp3) is 0. The fourth-order valence-electron chi connectivity index (χ4n) is 3.73. The second kappa shape index (κ2) is 10.4. The Bertz CT molecular complexity index is 1630. The topological polar surface area (TPSA) is 86.9 Å². The molecule has 1 heterocycles. The Balaban J connectivity index is 1.32. The minimum Gasteiger partial charge on any atom is -0.338 e. The summed E-state index contributed by atoms with van der Waals surface area (Å²) in [6, 6.07) is 22.1. The maximum Gasteiger partial charge on any atom is 0.258 e. The smallest absolute Gasteiger partial charge is 0.258 e. The summed E-state index contributed by atoms with van der Waals surface area (Å²) < 4.78 is 0. The minimum absolute atomic E-state index is 0.216. The summed E-state index contributed by atoms with van der Waals surface area (Å²) in [7, 11) is 0. The Morgan fingerprint density at radius 3 is 2.00 bits per heavy atom. The summed E-state index contributed by atoms with van der Waals surface area (Å²) in [5, 5.41) is 6.94. The van der Waals surface area contributed by atoms with Crippen LogP contribution in [0, 0.1) is 0 Å². The van der Waals surface area contributed by atoms with Gasteiger partial charge >= 0.3 is 0 Å². The molecule has 0 unspecified atom stereocenters. The van der Waals surface area contributed by atoms with Gasteiger partial charge < -0.3 is 15.6 Å². The summed E-state index contributed by atoms with van der Waals surface area (Å²) >= 11 is 24.3. The van der Waals surface area contributed by atoms with Crippen molar-refractivity contribution in [2.45, 2.75) is 0 Å². The number of hydrogen-bond acceptors (Lipinski definition) is 3. The second-order valence-electron chi connectivity index (χ2n) is 8.06. The van der Waals surface area contributed by atoms with Crippen molar-refractivity contribution in [1.82, 2.24) is 9.97 Å². The number of rotatable bonds is 5. The minimum atomic E-state index is -0.401. The highest BCUT2D eigenvalue weighted by Crippen LogP contribution is 2.27. The van der Waals surface area contributed by atoms with Crippen LogP contribution in [0.25, 0.3) is 22.4 Å². The summed E-state index contributed by atoms with van der Waals surface area (Å²) in [6.45, 7) is 0. The molecule has 0 spiro atoms. The predicted octanol–water partition coefficient (Wildman–Crippen LogP) is 8.35. The van der Waals surface area contributed by atoms with Crippen LogP contribution >= 0.6 is 46.4 Å². The van der Waals surface area contributed by atoms with Crippen molar-refractivity contribution in [3.05, 3.63) is 110 Å². The normalized spacial score (nSPS) is 10.9. The molecule has 0 atom stereocenters. The molecule has 4 aromatic carbocycles. The molecule has 5 rings (SSSR count). The van der Waals surface area contributed by atoms with Crippen LogP contribution in [0.2, 0.25) is 20.1 Å². The number of nitrogens with zero attached hydrogens (tertiary/aromatic N) is 1. The SMILES string of the molecule is O=C(Nc1ccc2nc(-c3ccc(NC(=O)c4c(Cl)cccc4Cl)cc3)[nH]c2c1)c1cc(Cl)cc(Cl)c1. The van der Waals surface area contributed by atoms with Crippen LogP contribution in [-0.2, 0) is 0 Å². The molecule has 1 aromatic heterocycles. The van der Waals surface area contributed by atoms with Gasteiger partial charge in [0.05, 0.1) is 26.6 Å². The molecule has 0 radical (unpaired) electrons. The third kappa shape index (κ3) is 5.58. The monoisotopic (exact) mass is 568 g/mol. The van der Waals surface area contributed by atoms with E-state index in [0.717, 1.165) is 16.6 Å². The highest BCUT2D eigenvalue weighted by molar-refractivity contribution is 6.40. The molecule has 0 fully saturated rings. The second-order valence-corrected chi connectivity index (χ2v) is 9.74. The van der Waals surface area contributed by atoms with Crippen LogP contribution in [0.4, 0.5) is 11.4 Å². The van der Waals surface area contributed by atoms with Crippen LogP contribution in [0.3, 0.4) is 0 Å². The number of nitrogens with one attached hydrogen (secondary N) is 3. The van der Waals surface area contributed by atoms with Gasteiger partial charge in [-0.25, -0.2) is 4.98 Å². The van der Waals surface area contributed by atoms with E-state index in [2.05, 4.69) is 20.6 Å². The first-order valence-electron chi connectivity index (χ1n) is 10.9. The van der Waals surface area contributed by atoms with Gasteiger partial charge in [-0.1, -0.05) is 52.5 Å². The van der Waals surface area contributed by atoms with Crippen LogP contribution < -0.4 is 10.6 Å². The molecule has 0 aliphatic carbocycles. The maximum absolute atomic E-state index is 12.6. The van der Waals surface area contributed by atoms with Gasteiger partial charge in [0.25, 0.3) is 11.8 Å². The van der Waals surface area contributed by atoms with E-state index in [4.69, 9.17) is 46.4 Å². The molecule has 3 N–H and O–H groups in total. The molecule has 184 valence electrons. The molecule has 6 nitrogen and oxygen atoms in total. The number of amides is 2. The lowest BCUT2D eigenvalue weighted by Crippen LogP contribution is -2.13. The first kappa shape index (κ1) is 25.1. The Morgan fingerprint density at radius 2 is 1.32 bits per heavy atom. The fourth-order valence-corrected chi connectivity index (χ4v) is 4.83. The number of carbonyl (C=O) groups is 2. The zero-order valence-corrected chi connectivity index (χ0v) is 21.8. The lowest BCUT2D eigenvalue weighted by Gasteiger charge is -2.08. The Labute approximate surface area is 231 Å². The largest absolute Gasteiger partial charge is 0.338 e. The first-order chi connectivity index (χ1) is 17.8. The third-order valence-electron chi connectivity index (χ3n) is 5.47. The van der Waals surface area contributed by atoms with Crippen molar-refractivity contribution >= 4 is 80.6 Å². The average molecular weight is 570 g/mol. The van der Waals surface area contributed by atoms with Crippen molar-refractivity contribution in [1.29, 1.82) is 0 Å². The molecule has 10 heteroatoms. The first-order valence-corrected chi connectivity index (χ1v) is 12.4. The van der Waals surface area contributed by atoms with Gasteiger partial charge in [-0.2, -0.15) is 0 Å². The van der Waals surface area contributed by atoms with Gasteiger partial charge in [0.2, 0.25) is 0 Å². The zero-order chi connectivity index (χ0) is 26.1. The van der Waals surface area contributed by atoms with Gasteiger partial charge in [0.1, 0.15) is 5.82 Å². The molecule has 0 aliphatic heterocycles. The summed E-state index contributed by atoms with van der Waals surface area (Å²) in [5.41, 5.74) is 4.00. The summed E-state index contributed by atoms with van der Waals surface area (Å²) in [4.78, 5) is 33.1. The van der Waals surface area contributed by atoms with Crippen molar-refractivity contribution in [3.63, 3.8) is 0 Å². The summed E-state index contributed by atoms with van der Waals surface area (Å²) in [6.07, 6.45) is 0. The molecule has 2 amide bonds. The van der Waals surface area contributed by atoms with E-state index in [1.807, 2.05) is 12.1 Å². The highest BCUT2D eigenvalue weighted by atomic mass is 35.5. The Morgan fingerprint density at radius 1 is 0.703 bits per heavy atom. The van der Waals surface area contributed by atoms with E-state index in [-0.39, 0.29) is 21.5 Å². The quantitative estimate of drug-likeness (QED) is 0.199. The number of imidazole rings is 1. The third-order valence-corrected chi connectivity index (χ3v) is 6.54. The van der Waals surface area contributed by atoms with E-state index < -0.39 is 5.91 Å². The molecule has 37 heavy (non-hydrogen) atoms. The zero-order valence-electron chi connectivity index (χ0n) is 18.8. The number of benzene rings is 4. The van der Waals surface area contributed by atoms with E-state index in [1.54, 1.807) is 66.7 Å². The Hall–Kier alpha value is -3.55. The number of anilines is 2. The number of fused-ring (bicyclic) bond motifs is 1. The molecule has 5 aromatic rings. The average Bonchev–Trinajstić information content (AvgIpc) is 3.27. The molecule has 0 aliphatic rings. The van der Waals surface area contributed by atoms with Crippen molar-refractivity contribution < 1.29 is 9.59 Å². The summed E-state index contributed by atoms with van der Waals surface area (Å²) in [5.74, 6) is -0.104. The van der Waals surface area contributed by atoms with Crippen LogP contribution in [-0.4, -0.2) is 21.8 Å². The van der Waals surface area contributed by atoms with Gasteiger partial charge in [-0.05, 0) is 72.8 Å². The van der Waals surface area contributed by atoms with Crippen LogP contribution in [0.5, 0.6) is 0 Å². The van der Waals surface area contributed by atoms with E-state index in [1.165, 1.54) is 0 Å². The van der Waals surface area contributed by atoms with Gasteiger partial charge in [-0.15, -0.1) is 0 Å². The van der Waals surface area contributed by atoms with Crippen molar-refractivity contribution in [3.8, 4) is 11.4 Å².